The summed E-state index contributed by atoms with van der Waals surface area (Å²) in [6.45, 7) is 3.31. The topological polar surface area (TPSA) is 66.8 Å². The molecule has 3 heterocycles. The summed E-state index contributed by atoms with van der Waals surface area (Å²) in [6, 6.07) is 10.1. The number of piperidine rings is 1. The highest BCUT2D eigenvalue weighted by Crippen LogP contribution is 2.29. The minimum absolute atomic E-state index is 0.0262. The summed E-state index contributed by atoms with van der Waals surface area (Å²) in [5.41, 5.74) is 4.11. The second kappa shape index (κ2) is 6.98. The number of carbonyl (C=O) groups is 1. The van der Waals surface area contributed by atoms with E-state index in [2.05, 4.69) is 15.3 Å². The first kappa shape index (κ1) is 17.5. The molecule has 1 aromatic carbocycles. The van der Waals surface area contributed by atoms with Gasteiger partial charge in [-0.15, -0.1) is 0 Å². The van der Waals surface area contributed by atoms with Crippen LogP contribution in [-0.2, 0) is 7.05 Å². The normalized spacial score (nSPS) is 17.3. The standard InChI is InChI=1S/C20H22FN5O/c1-13-10-19(24-25(13)2)20(27)26-9-3-4-15(12-26)18-11-17(22-23-18)14-5-7-16(21)8-6-14/h5-8,10-11,15H,3-4,9,12H2,1-2H3,(H,22,23)/t15-/m0/s1. The fourth-order valence-corrected chi connectivity index (χ4v) is 3.56. The van der Waals surface area contributed by atoms with E-state index in [1.54, 1.807) is 16.8 Å². The zero-order chi connectivity index (χ0) is 19.0. The van der Waals surface area contributed by atoms with Gasteiger partial charge in [0, 0.05) is 43.0 Å². The number of halogens is 1. The van der Waals surface area contributed by atoms with Crippen molar-refractivity contribution in [2.24, 2.45) is 7.05 Å². The molecular weight excluding hydrogens is 345 g/mol. The van der Waals surface area contributed by atoms with E-state index in [0.29, 0.717) is 12.2 Å². The van der Waals surface area contributed by atoms with E-state index >= 15 is 0 Å². The maximum atomic E-state index is 13.1. The first-order valence-electron chi connectivity index (χ1n) is 9.12. The predicted octanol–water partition coefficient (Wildman–Crippen LogP) is 3.28. The lowest BCUT2D eigenvalue weighted by Gasteiger charge is -2.31. The molecule has 1 N–H and O–H groups in total. The Morgan fingerprint density at radius 3 is 2.74 bits per heavy atom. The van der Waals surface area contributed by atoms with Crippen molar-refractivity contribution in [1.29, 1.82) is 0 Å². The van der Waals surface area contributed by atoms with Crippen LogP contribution in [0.5, 0.6) is 0 Å². The maximum Gasteiger partial charge on any atom is 0.274 e. The van der Waals surface area contributed by atoms with Crippen LogP contribution in [0.15, 0.2) is 36.4 Å². The summed E-state index contributed by atoms with van der Waals surface area (Å²) < 4.78 is 14.8. The monoisotopic (exact) mass is 367 g/mol. The van der Waals surface area contributed by atoms with E-state index in [-0.39, 0.29) is 17.6 Å². The van der Waals surface area contributed by atoms with Crippen molar-refractivity contribution in [2.45, 2.75) is 25.7 Å². The Morgan fingerprint density at radius 2 is 2.04 bits per heavy atom. The van der Waals surface area contributed by atoms with Gasteiger partial charge in [-0.05, 0) is 56.2 Å². The Bertz CT molecular complexity index is 940. The zero-order valence-electron chi connectivity index (χ0n) is 15.4. The molecule has 0 radical (unpaired) electrons. The minimum Gasteiger partial charge on any atom is -0.337 e. The lowest BCUT2D eigenvalue weighted by molar-refractivity contribution is 0.0699. The molecule has 27 heavy (non-hydrogen) atoms. The Labute approximate surface area is 157 Å². The molecule has 2 aromatic heterocycles. The molecule has 0 aliphatic carbocycles. The van der Waals surface area contributed by atoms with E-state index < -0.39 is 0 Å². The number of amides is 1. The predicted molar refractivity (Wildman–Crippen MR) is 99.8 cm³/mol. The minimum atomic E-state index is -0.263. The number of aryl methyl sites for hydroxylation is 2. The molecular formula is C20H22FN5O. The Kier molecular flexibility index (Phi) is 4.51. The number of likely N-dealkylation sites (tertiary alicyclic amines) is 1. The van der Waals surface area contributed by atoms with Crippen molar-refractivity contribution in [1.82, 2.24) is 24.9 Å². The molecule has 7 heteroatoms. The van der Waals surface area contributed by atoms with Gasteiger partial charge in [-0.25, -0.2) is 4.39 Å². The molecule has 0 saturated carbocycles. The number of nitrogens with one attached hydrogen (secondary N) is 1. The second-order valence-electron chi connectivity index (χ2n) is 7.10. The van der Waals surface area contributed by atoms with Crippen molar-refractivity contribution < 1.29 is 9.18 Å². The summed E-state index contributed by atoms with van der Waals surface area (Å²) in [5.74, 6) is -0.0865. The molecule has 4 rings (SSSR count). The van der Waals surface area contributed by atoms with Crippen LogP contribution in [-0.4, -0.2) is 43.9 Å². The smallest absolute Gasteiger partial charge is 0.274 e. The third-order valence-corrected chi connectivity index (χ3v) is 5.22. The van der Waals surface area contributed by atoms with Gasteiger partial charge in [-0.2, -0.15) is 10.2 Å². The third-order valence-electron chi connectivity index (χ3n) is 5.22. The number of H-pyrrole nitrogens is 1. The summed E-state index contributed by atoms with van der Waals surface area (Å²) in [7, 11) is 1.84. The van der Waals surface area contributed by atoms with Gasteiger partial charge in [-0.1, -0.05) is 0 Å². The van der Waals surface area contributed by atoms with Crippen LogP contribution in [0.4, 0.5) is 4.39 Å². The van der Waals surface area contributed by atoms with Crippen molar-refractivity contribution in [3.63, 3.8) is 0 Å². The van der Waals surface area contributed by atoms with E-state index in [9.17, 15) is 9.18 Å². The first-order chi connectivity index (χ1) is 13.0. The lowest BCUT2D eigenvalue weighted by atomic mass is 9.94. The number of hydrogen-bond acceptors (Lipinski definition) is 3. The highest BCUT2D eigenvalue weighted by Gasteiger charge is 2.28. The molecule has 1 fully saturated rings. The van der Waals surface area contributed by atoms with E-state index in [1.165, 1.54) is 12.1 Å². The van der Waals surface area contributed by atoms with Crippen LogP contribution in [0.2, 0.25) is 0 Å². The number of carbonyl (C=O) groups excluding carboxylic acids is 1. The third kappa shape index (κ3) is 3.49. The SMILES string of the molecule is Cc1cc(C(=O)N2CCC[C@H](c3cc(-c4ccc(F)cc4)n[nH]3)C2)nn1C. The zero-order valence-corrected chi connectivity index (χ0v) is 15.4. The average Bonchev–Trinajstić information content (AvgIpc) is 3.29. The molecule has 1 aliphatic rings. The van der Waals surface area contributed by atoms with Gasteiger partial charge < -0.3 is 4.90 Å². The van der Waals surface area contributed by atoms with Crippen molar-refractivity contribution in [3.05, 3.63) is 59.3 Å². The van der Waals surface area contributed by atoms with Gasteiger partial charge in [0.1, 0.15) is 5.82 Å². The molecule has 6 nitrogen and oxygen atoms in total. The number of aromatic amines is 1. The van der Waals surface area contributed by atoms with Gasteiger partial charge >= 0.3 is 0 Å². The highest BCUT2D eigenvalue weighted by atomic mass is 19.1. The molecule has 0 spiro atoms. The lowest BCUT2D eigenvalue weighted by Crippen LogP contribution is -2.39. The fourth-order valence-electron chi connectivity index (χ4n) is 3.56. The van der Waals surface area contributed by atoms with E-state index in [1.807, 2.05) is 31.0 Å². The quantitative estimate of drug-likeness (QED) is 0.773. The van der Waals surface area contributed by atoms with Crippen LogP contribution >= 0.6 is 0 Å². The molecule has 3 aromatic rings. The van der Waals surface area contributed by atoms with Crippen LogP contribution in [0.25, 0.3) is 11.3 Å². The maximum absolute atomic E-state index is 13.1. The second-order valence-corrected chi connectivity index (χ2v) is 7.10. The number of aromatic nitrogens is 4. The van der Waals surface area contributed by atoms with E-state index in [4.69, 9.17) is 0 Å². The summed E-state index contributed by atoms with van der Waals surface area (Å²) >= 11 is 0. The summed E-state index contributed by atoms with van der Waals surface area (Å²) in [6.07, 6.45) is 1.93. The Hall–Kier alpha value is -2.96. The summed E-state index contributed by atoms with van der Waals surface area (Å²) in [5, 5.41) is 11.8. The molecule has 1 saturated heterocycles. The molecule has 0 bridgehead atoms. The summed E-state index contributed by atoms with van der Waals surface area (Å²) in [4.78, 5) is 14.7. The molecule has 1 amide bonds. The van der Waals surface area contributed by atoms with Crippen LogP contribution < -0.4 is 0 Å². The van der Waals surface area contributed by atoms with Crippen LogP contribution in [0.3, 0.4) is 0 Å². The van der Waals surface area contributed by atoms with Crippen LogP contribution in [0, 0.1) is 12.7 Å². The Balaban J connectivity index is 1.50. The molecule has 1 aliphatic heterocycles. The van der Waals surface area contributed by atoms with E-state index in [0.717, 1.165) is 42.0 Å². The number of rotatable bonds is 3. The highest BCUT2D eigenvalue weighted by molar-refractivity contribution is 5.92. The van der Waals surface area contributed by atoms with Gasteiger partial charge in [-0.3, -0.25) is 14.6 Å². The van der Waals surface area contributed by atoms with Crippen molar-refractivity contribution in [3.8, 4) is 11.3 Å². The van der Waals surface area contributed by atoms with Gasteiger partial charge in [0.15, 0.2) is 5.69 Å². The first-order valence-corrected chi connectivity index (χ1v) is 9.12. The number of benzene rings is 1. The van der Waals surface area contributed by atoms with Gasteiger partial charge in [0.25, 0.3) is 5.91 Å². The number of hydrogen-bond donors (Lipinski definition) is 1. The van der Waals surface area contributed by atoms with Gasteiger partial charge in [0.05, 0.1) is 5.69 Å². The van der Waals surface area contributed by atoms with Gasteiger partial charge in [0.2, 0.25) is 0 Å². The number of nitrogens with zero attached hydrogens (tertiary/aromatic N) is 4. The fraction of sp³-hybridized carbons (Fsp3) is 0.350. The average molecular weight is 367 g/mol. The van der Waals surface area contributed by atoms with Crippen LogP contribution in [0.1, 0.15) is 40.6 Å². The molecule has 1 atom stereocenters. The van der Waals surface area contributed by atoms with Crippen molar-refractivity contribution in [2.75, 3.05) is 13.1 Å². The molecule has 140 valence electrons. The largest absolute Gasteiger partial charge is 0.337 e. The molecule has 0 unspecified atom stereocenters. The Morgan fingerprint density at radius 1 is 1.26 bits per heavy atom. The van der Waals surface area contributed by atoms with Crippen molar-refractivity contribution >= 4 is 5.91 Å².